The van der Waals surface area contributed by atoms with Crippen LogP contribution in [0.3, 0.4) is 0 Å². The van der Waals surface area contributed by atoms with E-state index < -0.39 is 0 Å². The van der Waals surface area contributed by atoms with Crippen LogP contribution >= 0.6 is 24.2 Å². The molecule has 0 radical (unpaired) electrons. The molecule has 0 atom stereocenters. The predicted octanol–water partition coefficient (Wildman–Crippen LogP) is 3.87. The molecule has 6 heteroatoms. The molecule has 0 spiro atoms. The van der Waals surface area contributed by atoms with Gasteiger partial charge in [0.05, 0.1) is 24.4 Å². The van der Waals surface area contributed by atoms with Crippen molar-refractivity contribution in [1.29, 1.82) is 5.26 Å². The van der Waals surface area contributed by atoms with Crippen molar-refractivity contribution < 1.29 is 4.74 Å². The number of benzene rings is 2. The molecule has 0 aliphatic heterocycles. The van der Waals surface area contributed by atoms with Crippen LogP contribution in [0.5, 0.6) is 5.75 Å². The molecular formula is C16H16ClN3OS. The van der Waals surface area contributed by atoms with Crippen molar-refractivity contribution in [2.24, 2.45) is 10.7 Å². The first-order chi connectivity index (χ1) is 10.2. The zero-order valence-corrected chi connectivity index (χ0v) is 13.7. The van der Waals surface area contributed by atoms with Crippen LogP contribution in [0.25, 0.3) is 0 Å². The number of methoxy groups -OCH3 is 1. The number of aliphatic imine (C=N–C) groups is 1. The zero-order valence-electron chi connectivity index (χ0n) is 12.0. The average molecular weight is 334 g/mol. The molecule has 2 aromatic rings. The monoisotopic (exact) mass is 333 g/mol. The lowest BCUT2D eigenvalue weighted by Gasteiger charge is -2.04. The van der Waals surface area contributed by atoms with E-state index in [1.54, 1.807) is 13.2 Å². The van der Waals surface area contributed by atoms with E-state index >= 15 is 0 Å². The predicted molar refractivity (Wildman–Crippen MR) is 94.0 cm³/mol. The molecule has 2 rings (SSSR count). The van der Waals surface area contributed by atoms with E-state index in [1.807, 2.05) is 42.5 Å². The number of amidine groups is 1. The molecule has 0 aliphatic rings. The van der Waals surface area contributed by atoms with Crippen molar-refractivity contribution in [2.45, 2.75) is 5.75 Å². The van der Waals surface area contributed by atoms with Crippen molar-refractivity contribution in [3.05, 3.63) is 59.7 Å². The van der Waals surface area contributed by atoms with Crippen LogP contribution in [0.15, 0.2) is 53.5 Å². The van der Waals surface area contributed by atoms with Gasteiger partial charge in [-0.1, -0.05) is 36.0 Å². The maximum absolute atomic E-state index is 9.04. The number of hydrogen-bond donors (Lipinski definition) is 1. The maximum atomic E-state index is 9.04. The largest absolute Gasteiger partial charge is 0.497 e. The normalized spacial score (nSPS) is 10.5. The van der Waals surface area contributed by atoms with Gasteiger partial charge >= 0.3 is 0 Å². The van der Waals surface area contributed by atoms with Gasteiger partial charge in [-0.25, -0.2) is 4.99 Å². The van der Waals surface area contributed by atoms with Gasteiger partial charge in [-0.05, 0) is 23.8 Å². The first kappa shape index (κ1) is 17.9. The third-order valence-electron chi connectivity index (χ3n) is 2.81. The van der Waals surface area contributed by atoms with Crippen LogP contribution in [-0.4, -0.2) is 12.3 Å². The fraction of sp³-hybridized carbons (Fsp3) is 0.125. The topological polar surface area (TPSA) is 71.4 Å². The van der Waals surface area contributed by atoms with Gasteiger partial charge in [-0.2, -0.15) is 5.26 Å². The summed E-state index contributed by atoms with van der Waals surface area (Å²) in [5.41, 5.74) is 8.29. The third-order valence-corrected chi connectivity index (χ3v) is 3.65. The molecule has 114 valence electrons. The van der Waals surface area contributed by atoms with Crippen LogP contribution in [-0.2, 0) is 5.75 Å². The smallest absolute Gasteiger partial charge is 0.159 e. The van der Waals surface area contributed by atoms with Crippen LogP contribution in [0, 0.1) is 11.3 Å². The van der Waals surface area contributed by atoms with Gasteiger partial charge in [-0.15, -0.1) is 12.4 Å². The second kappa shape index (κ2) is 8.98. The highest BCUT2D eigenvalue weighted by atomic mass is 35.5. The van der Waals surface area contributed by atoms with E-state index in [4.69, 9.17) is 15.7 Å². The van der Waals surface area contributed by atoms with Crippen LogP contribution < -0.4 is 10.5 Å². The molecule has 0 heterocycles. The molecule has 0 saturated carbocycles. The minimum Gasteiger partial charge on any atom is -0.497 e. The lowest BCUT2D eigenvalue weighted by molar-refractivity contribution is 0.415. The Morgan fingerprint density at radius 2 is 2.05 bits per heavy atom. The summed E-state index contributed by atoms with van der Waals surface area (Å²) in [5.74, 6) is 1.35. The molecule has 0 fully saturated rings. The number of thioether (sulfide) groups is 1. The van der Waals surface area contributed by atoms with E-state index in [0.29, 0.717) is 16.5 Å². The highest BCUT2D eigenvalue weighted by molar-refractivity contribution is 8.13. The van der Waals surface area contributed by atoms with Gasteiger partial charge in [0, 0.05) is 11.8 Å². The number of nitrogens with two attached hydrogens (primary N) is 1. The average Bonchev–Trinajstić information content (AvgIpc) is 2.53. The maximum Gasteiger partial charge on any atom is 0.159 e. The summed E-state index contributed by atoms with van der Waals surface area (Å²) in [6.07, 6.45) is 0. The number of nitriles is 1. The molecule has 0 aliphatic carbocycles. The van der Waals surface area contributed by atoms with E-state index in [0.717, 1.165) is 17.0 Å². The molecule has 2 N–H and O–H groups in total. The number of hydrogen-bond acceptors (Lipinski definition) is 4. The Bertz CT molecular complexity index is 698. The second-order valence-electron chi connectivity index (χ2n) is 4.21. The minimum atomic E-state index is 0. The Hall–Kier alpha value is -2.16. The minimum absolute atomic E-state index is 0. The Balaban J connectivity index is 0.00000242. The van der Waals surface area contributed by atoms with E-state index in [1.165, 1.54) is 11.8 Å². The van der Waals surface area contributed by atoms with Gasteiger partial charge < -0.3 is 10.5 Å². The molecule has 0 unspecified atom stereocenters. The summed E-state index contributed by atoms with van der Waals surface area (Å²) in [5, 5.41) is 9.50. The highest BCUT2D eigenvalue weighted by Crippen LogP contribution is 2.22. The molecule has 0 bridgehead atoms. The quantitative estimate of drug-likeness (QED) is 0.681. The fourth-order valence-electron chi connectivity index (χ4n) is 1.75. The van der Waals surface area contributed by atoms with Gasteiger partial charge in [0.25, 0.3) is 0 Å². The van der Waals surface area contributed by atoms with E-state index in [2.05, 4.69) is 11.1 Å². The fourth-order valence-corrected chi connectivity index (χ4v) is 2.47. The van der Waals surface area contributed by atoms with Gasteiger partial charge in [0.15, 0.2) is 5.17 Å². The van der Waals surface area contributed by atoms with Gasteiger partial charge in [-0.3, -0.25) is 0 Å². The Morgan fingerprint density at radius 1 is 1.27 bits per heavy atom. The standard InChI is InChI=1S/C16H15N3OS.ClH/c1-20-15-8-4-7-14(9-15)19-16(18)21-11-13-6-3-2-5-12(13)10-17;/h2-9H,11H2,1H3,(H2,18,19);1H. The molecule has 0 saturated heterocycles. The summed E-state index contributed by atoms with van der Waals surface area (Å²) in [6, 6.07) is 17.0. The summed E-state index contributed by atoms with van der Waals surface area (Å²) in [4.78, 5) is 4.33. The molecular weight excluding hydrogens is 318 g/mol. The molecule has 4 nitrogen and oxygen atoms in total. The SMILES string of the molecule is COc1cccc(N=C(N)SCc2ccccc2C#N)c1.Cl. The zero-order chi connectivity index (χ0) is 15.1. The van der Waals surface area contributed by atoms with Crippen molar-refractivity contribution in [1.82, 2.24) is 0 Å². The molecule has 22 heavy (non-hydrogen) atoms. The number of ether oxygens (including phenoxy) is 1. The number of nitrogens with zero attached hydrogens (tertiary/aromatic N) is 2. The summed E-state index contributed by atoms with van der Waals surface area (Å²) >= 11 is 1.40. The first-order valence-electron chi connectivity index (χ1n) is 6.32. The second-order valence-corrected chi connectivity index (χ2v) is 5.20. The van der Waals surface area contributed by atoms with Gasteiger partial charge in [0.1, 0.15) is 5.75 Å². The van der Waals surface area contributed by atoms with Crippen molar-refractivity contribution in [2.75, 3.05) is 7.11 Å². The van der Waals surface area contributed by atoms with Gasteiger partial charge in [0.2, 0.25) is 0 Å². The molecule has 0 aromatic heterocycles. The number of halogens is 1. The third kappa shape index (κ3) is 4.99. The van der Waals surface area contributed by atoms with Crippen LogP contribution in [0.4, 0.5) is 5.69 Å². The van der Waals surface area contributed by atoms with Crippen molar-refractivity contribution in [3.63, 3.8) is 0 Å². The molecule has 0 amide bonds. The summed E-state index contributed by atoms with van der Waals surface area (Å²) < 4.78 is 5.14. The van der Waals surface area contributed by atoms with E-state index in [9.17, 15) is 0 Å². The van der Waals surface area contributed by atoms with Crippen LogP contribution in [0.2, 0.25) is 0 Å². The van der Waals surface area contributed by atoms with Crippen molar-refractivity contribution in [3.8, 4) is 11.8 Å². The van der Waals surface area contributed by atoms with Crippen LogP contribution in [0.1, 0.15) is 11.1 Å². The summed E-state index contributed by atoms with van der Waals surface area (Å²) in [6.45, 7) is 0. The Labute approximate surface area is 140 Å². The summed E-state index contributed by atoms with van der Waals surface area (Å²) in [7, 11) is 1.61. The lowest BCUT2D eigenvalue weighted by atomic mass is 10.1. The molecule has 2 aromatic carbocycles. The van der Waals surface area contributed by atoms with Crippen molar-refractivity contribution >= 4 is 35.0 Å². The Morgan fingerprint density at radius 3 is 2.77 bits per heavy atom. The number of rotatable bonds is 4. The van der Waals surface area contributed by atoms with E-state index in [-0.39, 0.29) is 12.4 Å². The first-order valence-corrected chi connectivity index (χ1v) is 7.30. The lowest BCUT2D eigenvalue weighted by Crippen LogP contribution is -2.06. The highest BCUT2D eigenvalue weighted by Gasteiger charge is 2.03. The Kier molecular flexibility index (Phi) is 7.30.